The Morgan fingerprint density at radius 2 is 1.94 bits per heavy atom. The summed E-state index contributed by atoms with van der Waals surface area (Å²) in [5.41, 5.74) is 1.12. The van der Waals surface area contributed by atoms with Crippen molar-refractivity contribution in [3.05, 3.63) is 58.4 Å². The van der Waals surface area contributed by atoms with E-state index >= 15 is 0 Å². The van der Waals surface area contributed by atoms with Gasteiger partial charge in [0, 0.05) is 17.4 Å². The summed E-state index contributed by atoms with van der Waals surface area (Å²) in [4.78, 5) is 0.966. The van der Waals surface area contributed by atoms with Gasteiger partial charge in [0.2, 0.25) is 0 Å². The number of aryl methyl sites for hydroxylation is 1. The fraction of sp³-hybridized carbons (Fsp3) is 0.200. The Bertz CT molecular complexity index is 680. The second-order valence-electron chi connectivity index (χ2n) is 4.70. The summed E-state index contributed by atoms with van der Waals surface area (Å²) in [6.45, 7) is 1.85. The molecular weight excluding hydrogens is 242 g/mol. The van der Waals surface area contributed by atoms with Crippen LogP contribution in [0.3, 0.4) is 0 Å². The van der Waals surface area contributed by atoms with Gasteiger partial charge in [-0.05, 0) is 35.9 Å². The highest BCUT2D eigenvalue weighted by Gasteiger charge is 2.30. The molecule has 0 aliphatic heterocycles. The lowest BCUT2D eigenvalue weighted by Crippen LogP contribution is -2.24. The van der Waals surface area contributed by atoms with E-state index in [2.05, 4.69) is 22.8 Å². The Kier molecular flexibility index (Phi) is 2.54. The van der Waals surface area contributed by atoms with Gasteiger partial charge < -0.3 is 9.67 Å². The molecule has 18 heavy (non-hydrogen) atoms. The Morgan fingerprint density at radius 3 is 2.61 bits per heavy atom. The number of rotatable bonds is 2. The minimum atomic E-state index is -0.943. The molecule has 92 valence electrons. The Labute approximate surface area is 110 Å². The van der Waals surface area contributed by atoms with Gasteiger partial charge in [0.05, 0.1) is 5.69 Å². The predicted octanol–water partition coefficient (Wildman–Crippen LogP) is 3.50. The summed E-state index contributed by atoms with van der Waals surface area (Å²) in [5, 5.41) is 14.0. The number of nitrogens with zero attached hydrogens (tertiary/aromatic N) is 1. The van der Waals surface area contributed by atoms with E-state index in [0.29, 0.717) is 0 Å². The SMILES string of the molecule is Cn1c(C(C)(O)c2cccs2)cc2ccccc21. The highest BCUT2D eigenvalue weighted by atomic mass is 32.1. The molecule has 0 bridgehead atoms. The van der Waals surface area contributed by atoms with Gasteiger partial charge in [-0.2, -0.15) is 0 Å². The zero-order chi connectivity index (χ0) is 12.8. The maximum atomic E-state index is 10.8. The first kappa shape index (κ1) is 11.5. The number of fused-ring (bicyclic) bond motifs is 1. The molecule has 3 rings (SSSR count). The molecule has 0 amide bonds. The standard InChI is InChI=1S/C15H15NOS/c1-15(17,14-8-5-9-18-14)13-10-11-6-3-4-7-12(11)16(13)2/h3-10,17H,1-2H3. The van der Waals surface area contributed by atoms with E-state index in [1.54, 1.807) is 11.3 Å². The third-order valence-corrected chi connectivity index (χ3v) is 4.53. The first-order valence-electron chi connectivity index (χ1n) is 5.92. The van der Waals surface area contributed by atoms with Crippen molar-refractivity contribution < 1.29 is 5.11 Å². The lowest BCUT2D eigenvalue weighted by molar-refractivity contribution is 0.0986. The van der Waals surface area contributed by atoms with E-state index in [9.17, 15) is 5.11 Å². The molecule has 2 nitrogen and oxygen atoms in total. The van der Waals surface area contributed by atoms with E-state index in [-0.39, 0.29) is 0 Å². The van der Waals surface area contributed by atoms with Gasteiger partial charge >= 0.3 is 0 Å². The lowest BCUT2D eigenvalue weighted by Gasteiger charge is -2.23. The molecule has 2 heterocycles. The quantitative estimate of drug-likeness (QED) is 0.747. The molecule has 0 fully saturated rings. The van der Waals surface area contributed by atoms with Crippen LogP contribution in [-0.2, 0) is 12.6 Å². The average Bonchev–Trinajstić information content (AvgIpc) is 2.98. The van der Waals surface area contributed by atoms with E-state index in [1.807, 2.05) is 43.6 Å². The summed E-state index contributed by atoms with van der Waals surface area (Å²) in [6.07, 6.45) is 0. The van der Waals surface area contributed by atoms with Crippen molar-refractivity contribution in [3.63, 3.8) is 0 Å². The summed E-state index contributed by atoms with van der Waals surface area (Å²) in [5.74, 6) is 0. The number of hydrogen-bond acceptors (Lipinski definition) is 2. The maximum Gasteiger partial charge on any atom is 0.136 e. The molecule has 1 atom stereocenters. The van der Waals surface area contributed by atoms with Crippen LogP contribution in [0.25, 0.3) is 10.9 Å². The third-order valence-electron chi connectivity index (χ3n) is 3.45. The van der Waals surface area contributed by atoms with E-state index in [1.165, 1.54) is 0 Å². The molecule has 0 spiro atoms. The number of benzene rings is 1. The number of aliphatic hydroxyl groups is 1. The fourth-order valence-corrected chi connectivity index (χ4v) is 3.23. The van der Waals surface area contributed by atoms with Gasteiger partial charge in [0.25, 0.3) is 0 Å². The zero-order valence-corrected chi connectivity index (χ0v) is 11.2. The largest absolute Gasteiger partial charge is 0.378 e. The summed E-state index contributed by atoms with van der Waals surface area (Å²) in [6, 6.07) is 14.2. The molecule has 3 aromatic rings. The molecule has 0 aliphatic carbocycles. The molecule has 1 unspecified atom stereocenters. The molecule has 1 aromatic carbocycles. The molecule has 0 radical (unpaired) electrons. The highest BCUT2D eigenvalue weighted by Crippen LogP contribution is 2.34. The van der Waals surface area contributed by atoms with E-state index in [0.717, 1.165) is 21.5 Å². The molecule has 0 aliphatic rings. The maximum absolute atomic E-state index is 10.8. The van der Waals surface area contributed by atoms with Crippen molar-refractivity contribution in [2.75, 3.05) is 0 Å². The Hall–Kier alpha value is -1.58. The van der Waals surface area contributed by atoms with Gasteiger partial charge in [-0.25, -0.2) is 0 Å². The highest BCUT2D eigenvalue weighted by molar-refractivity contribution is 7.10. The fourth-order valence-electron chi connectivity index (χ4n) is 2.44. The first-order valence-corrected chi connectivity index (χ1v) is 6.80. The van der Waals surface area contributed by atoms with Crippen LogP contribution in [-0.4, -0.2) is 9.67 Å². The minimum absolute atomic E-state index is 0.922. The molecule has 2 aromatic heterocycles. The smallest absolute Gasteiger partial charge is 0.136 e. The van der Waals surface area contributed by atoms with Crippen LogP contribution in [0.15, 0.2) is 47.8 Å². The Balaban J connectivity index is 2.23. The predicted molar refractivity (Wildman–Crippen MR) is 75.9 cm³/mol. The number of hydrogen-bond donors (Lipinski definition) is 1. The third kappa shape index (κ3) is 1.59. The molecular formula is C15H15NOS. The first-order chi connectivity index (χ1) is 8.60. The van der Waals surface area contributed by atoms with Gasteiger partial charge in [-0.3, -0.25) is 0 Å². The Morgan fingerprint density at radius 1 is 1.17 bits per heavy atom. The summed E-state index contributed by atoms with van der Waals surface area (Å²) < 4.78 is 2.06. The molecule has 3 heteroatoms. The van der Waals surface area contributed by atoms with E-state index < -0.39 is 5.60 Å². The van der Waals surface area contributed by atoms with Gasteiger partial charge in [0.15, 0.2) is 0 Å². The second-order valence-corrected chi connectivity index (χ2v) is 5.64. The minimum Gasteiger partial charge on any atom is -0.378 e. The van der Waals surface area contributed by atoms with Crippen molar-refractivity contribution in [2.24, 2.45) is 7.05 Å². The van der Waals surface area contributed by atoms with Gasteiger partial charge in [0.1, 0.15) is 5.60 Å². The summed E-state index contributed by atoms with van der Waals surface area (Å²) >= 11 is 1.58. The van der Waals surface area contributed by atoms with Gasteiger partial charge in [-0.1, -0.05) is 24.3 Å². The van der Waals surface area contributed by atoms with Crippen LogP contribution < -0.4 is 0 Å². The summed E-state index contributed by atoms with van der Waals surface area (Å²) in [7, 11) is 2.00. The van der Waals surface area contributed by atoms with Crippen LogP contribution in [0.2, 0.25) is 0 Å². The number of thiophene rings is 1. The molecule has 1 N–H and O–H groups in total. The van der Waals surface area contributed by atoms with Crippen LogP contribution in [0.4, 0.5) is 0 Å². The van der Waals surface area contributed by atoms with Crippen molar-refractivity contribution in [2.45, 2.75) is 12.5 Å². The van der Waals surface area contributed by atoms with Crippen LogP contribution in [0, 0.1) is 0 Å². The van der Waals surface area contributed by atoms with Crippen LogP contribution in [0.1, 0.15) is 17.5 Å². The normalized spacial score (nSPS) is 14.8. The van der Waals surface area contributed by atoms with Crippen molar-refractivity contribution in [1.29, 1.82) is 0 Å². The monoisotopic (exact) mass is 257 g/mol. The number of para-hydroxylation sites is 1. The molecule has 0 saturated carbocycles. The van der Waals surface area contributed by atoms with Crippen molar-refractivity contribution in [1.82, 2.24) is 4.57 Å². The number of aromatic nitrogens is 1. The van der Waals surface area contributed by atoms with Crippen LogP contribution >= 0.6 is 11.3 Å². The van der Waals surface area contributed by atoms with Gasteiger partial charge in [-0.15, -0.1) is 11.3 Å². The van der Waals surface area contributed by atoms with E-state index in [4.69, 9.17) is 0 Å². The molecule has 0 saturated heterocycles. The van der Waals surface area contributed by atoms with Crippen molar-refractivity contribution in [3.8, 4) is 0 Å². The second kappa shape index (κ2) is 3.97. The zero-order valence-electron chi connectivity index (χ0n) is 10.4. The lowest BCUT2D eigenvalue weighted by atomic mass is 10.0. The van der Waals surface area contributed by atoms with Crippen LogP contribution in [0.5, 0.6) is 0 Å². The topological polar surface area (TPSA) is 25.2 Å². The average molecular weight is 257 g/mol. The van der Waals surface area contributed by atoms with Crippen molar-refractivity contribution >= 4 is 22.2 Å².